The molecule has 64 valence electrons. The van der Waals surface area contributed by atoms with Gasteiger partial charge in [-0.05, 0) is 0 Å². The van der Waals surface area contributed by atoms with Crippen LogP contribution in [0.15, 0.2) is 0 Å². The summed E-state index contributed by atoms with van der Waals surface area (Å²) in [6.07, 6.45) is 0. The molecule has 0 saturated carbocycles. The molecule has 0 heterocycles. The molecule has 10 heteroatoms. The average molecular weight is 250 g/mol. The second kappa shape index (κ2) is 15.7. The molecule has 0 amide bonds. The van der Waals surface area contributed by atoms with Crippen molar-refractivity contribution in [3.8, 4) is 0 Å². The molecule has 0 aliphatic carbocycles. The Morgan fingerprint density at radius 3 is 1.00 bits per heavy atom. The zero-order chi connectivity index (χ0) is 7.15. The van der Waals surface area contributed by atoms with Crippen molar-refractivity contribution in [1.29, 1.82) is 0 Å². The van der Waals surface area contributed by atoms with Gasteiger partial charge in [-0.3, -0.25) is 0 Å². The Labute approximate surface area is 67.4 Å². The van der Waals surface area contributed by atoms with Crippen LogP contribution in [0.2, 0.25) is 0 Å². The van der Waals surface area contributed by atoms with Crippen molar-refractivity contribution < 1.29 is 46.5 Å². The molecular weight excluding hydrogens is 246 g/mol. The van der Waals surface area contributed by atoms with Crippen LogP contribution in [0.3, 0.4) is 0 Å². The topological polar surface area (TPSA) is 158 Å². The molecule has 0 aliphatic rings. The molecule has 0 aliphatic heterocycles. The SMILES string of the molecule is O.O=[N+]([O-])O.O=[N+]([O-])O.[Pd+2]. The second-order valence-corrected chi connectivity index (χ2v) is 0.476. The molecule has 9 nitrogen and oxygen atoms in total. The molecule has 0 fully saturated rings. The normalized spacial score (nSPS) is 4.80. The molecule has 0 rings (SSSR count). The van der Waals surface area contributed by atoms with E-state index in [0.717, 1.165) is 0 Å². The molecule has 0 atom stereocenters. The first-order valence-corrected chi connectivity index (χ1v) is 1.13. The Morgan fingerprint density at radius 1 is 1.00 bits per heavy atom. The molecule has 0 unspecified atom stereocenters. The molecule has 0 aromatic heterocycles. The summed E-state index contributed by atoms with van der Waals surface area (Å²) in [7, 11) is 0. The number of rotatable bonds is 0. The van der Waals surface area contributed by atoms with Crippen molar-refractivity contribution in [3.05, 3.63) is 20.2 Å². The fourth-order valence-corrected chi connectivity index (χ4v) is 0. The zero-order valence-corrected chi connectivity index (χ0v) is 5.79. The largest absolute Gasteiger partial charge is 2.00 e. The van der Waals surface area contributed by atoms with E-state index in [2.05, 4.69) is 0 Å². The van der Waals surface area contributed by atoms with Crippen LogP contribution in [0.25, 0.3) is 0 Å². The van der Waals surface area contributed by atoms with Gasteiger partial charge in [0.2, 0.25) is 0 Å². The maximum atomic E-state index is 8.36. The summed E-state index contributed by atoms with van der Waals surface area (Å²) in [6.45, 7) is 0. The molecule has 0 saturated heterocycles. The molecule has 0 spiro atoms. The van der Waals surface area contributed by atoms with Crippen LogP contribution in [0.4, 0.5) is 0 Å². The van der Waals surface area contributed by atoms with Crippen LogP contribution in [-0.4, -0.2) is 26.1 Å². The molecule has 10 heavy (non-hydrogen) atoms. The molecule has 4 N–H and O–H groups in total. The van der Waals surface area contributed by atoms with E-state index in [1.807, 2.05) is 0 Å². The van der Waals surface area contributed by atoms with E-state index in [9.17, 15) is 0 Å². The minimum atomic E-state index is -1.50. The van der Waals surface area contributed by atoms with Gasteiger partial charge in [-0.25, -0.2) is 0 Å². The fraction of sp³-hybridized carbons (Fsp3) is 0. The predicted molar refractivity (Wildman–Crippen MR) is 21.2 cm³/mol. The number of nitrogens with zero attached hydrogens (tertiary/aromatic N) is 2. The third-order valence-corrected chi connectivity index (χ3v) is 0. The number of hydrogen-bond acceptors (Lipinski definition) is 4. The van der Waals surface area contributed by atoms with E-state index in [1.165, 1.54) is 0 Å². The van der Waals surface area contributed by atoms with Crippen LogP contribution in [0.1, 0.15) is 0 Å². The van der Waals surface area contributed by atoms with E-state index in [0.29, 0.717) is 0 Å². The van der Waals surface area contributed by atoms with E-state index < -0.39 is 10.2 Å². The van der Waals surface area contributed by atoms with Crippen molar-refractivity contribution in [2.75, 3.05) is 0 Å². The van der Waals surface area contributed by atoms with Crippen LogP contribution < -0.4 is 0 Å². The van der Waals surface area contributed by atoms with Crippen molar-refractivity contribution >= 4 is 0 Å². The summed E-state index contributed by atoms with van der Waals surface area (Å²) in [4.78, 5) is 16.7. The Hall–Kier alpha value is -0.978. The van der Waals surface area contributed by atoms with Gasteiger partial charge in [-0.2, -0.15) is 0 Å². The van der Waals surface area contributed by atoms with E-state index >= 15 is 0 Å². The Bertz CT molecular complexity index is 69.6. The van der Waals surface area contributed by atoms with Gasteiger partial charge in [-0.15, -0.1) is 20.2 Å². The first kappa shape index (κ1) is 23.0. The summed E-state index contributed by atoms with van der Waals surface area (Å²) in [6, 6.07) is 0. The first-order chi connectivity index (χ1) is 3.46. The average Bonchev–Trinajstić information content (AvgIpc) is 1.25. The summed E-state index contributed by atoms with van der Waals surface area (Å²) in [5, 5.41) is 27.3. The van der Waals surface area contributed by atoms with E-state index in [1.54, 1.807) is 0 Å². The van der Waals surface area contributed by atoms with Crippen molar-refractivity contribution in [3.63, 3.8) is 0 Å². The third kappa shape index (κ3) is 266. The van der Waals surface area contributed by atoms with Crippen LogP contribution in [0, 0.1) is 20.2 Å². The smallest absolute Gasteiger partial charge is 0.412 e. The van der Waals surface area contributed by atoms with Gasteiger partial charge in [0, 0.05) is 0 Å². The van der Waals surface area contributed by atoms with Gasteiger partial charge < -0.3 is 15.9 Å². The summed E-state index contributed by atoms with van der Waals surface area (Å²) in [5.41, 5.74) is 0. The minimum Gasteiger partial charge on any atom is -0.412 e. The first-order valence-electron chi connectivity index (χ1n) is 1.13. The minimum absolute atomic E-state index is 0. The monoisotopic (exact) mass is 250 g/mol. The maximum Gasteiger partial charge on any atom is 2.00 e. The standard InChI is InChI=1S/2HNO3.H2O.Pd/c2*2-1(3)4;;/h2*(H,2,3,4);1H2;/q;;;+2. The van der Waals surface area contributed by atoms with Gasteiger partial charge in [0.25, 0.3) is 10.2 Å². The Kier molecular flexibility index (Phi) is 36.1. The quantitative estimate of drug-likeness (QED) is 0.301. The van der Waals surface area contributed by atoms with Crippen molar-refractivity contribution in [1.82, 2.24) is 0 Å². The third-order valence-electron chi connectivity index (χ3n) is 0. The fourth-order valence-electron chi connectivity index (χ4n) is 0. The summed E-state index contributed by atoms with van der Waals surface area (Å²) >= 11 is 0. The van der Waals surface area contributed by atoms with Gasteiger partial charge in [-0.1, -0.05) is 0 Å². The molecule has 0 aromatic carbocycles. The molecule has 0 bridgehead atoms. The van der Waals surface area contributed by atoms with Gasteiger partial charge >= 0.3 is 20.4 Å². The van der Waals surface area contributed by atoms with E-state index in [-0.39, 0.29) is 25.9 Å². The summed E-state index contributed by atoms with van der Waals surface area (Å²) < 4.78 is 0. The van der Waals surface area contributed by atoms with Crippen LogP contribution >= 0.6 is 0 Å². The van der Waals surface area contributed by atoms with Gasteiger partial charge in [0.15, 0.2) is 0 Å². The van der Waals surface area contributed by atoms with Crippen LogP contribution in [0.5, 0.6) is 0 Å². The summed E-state index contributed by atoms with van der Waals surface area (Å²) in [5.74, 6) is 0. The second-order valence-electron chi connectivity index (χ2n) is 0.476. The predicted octanol–water partition coefficient (Wildman–Crippen LogP) is -1.52. The Balaban J connectivity index is -0.0000000300. The van der Waals surface area contributed by atoms with Gasteiger partial charge in [0.05, 0.1) is 0 Å². The van der Waals surface area contributed by atoms with Crippen molar-refractivity contribution in [2.24, 2.45) is 0 Å². The number of hydrogen-bond donors (Lipinski definition) is 2. The van der Waals surface area contributed by atoms with E-state index in [4.69, 9.17) is 30.6 Å². The van der Waals surface area contributed by atoms with Gasteiger partial charge in [0.1, 0.15) is 0 Å². The van der Waals surface area contributed by atoms with Crippen molar-refractivity contribution in [2.45, 2.75) is 0 Å². The maximum absolute atomic E-state index is 8.36. The Morgan fingerprint density at radius 2 is 1.00 bits per heavy atom. The van der Waals surface area contributed by atoms with Crippen LogP contribution in [-0.2, 0) is 20.4 Å². The zero-order valence-electron chi connectivity index (χ0n) is 4.24. The molecular formula is H4N2O7Pd+2. The molecule has 0 aromatic rings. The molecule has 0 radical (unpaired) electrons.